The van der Waals surface area contributed by atoms with Crippen LogP contribution in [0.1, 0.15) is 33.1 Å². The van der Waals surface area contributed by atoms with Gasteiger partial charge in [-0.2, -0.15) is 11.8 Å². The third kappa shape index (κ3) is 8.55. The molecule has 0 heterocycles. The van der Waals surface area contributed by atoms with Crippen LogP contribution in [-0.2, 0) is 0 Å². The molecule has 0 aromatic carbocycles. The highest BCUT2D eigenvalue weighted by atomic mass is 35.5. The van der Waals surface area contributed by atoms with Crippen LogP contribution in [0.25, 0.3) is 0 Å². The van der Waals surface area contributed by atoms with Crippen molar-refractivity contribution in [3.05, 3.63) is 0 Å². The van der Waals surface area contributed by atoms with Gasteiger partial charge in [0.1, 0.15) is 0 Å². The molecule has 0 aliphatic carbocycles. The Hall–Kier alpha value is 0.640. The summed E-state index contributed by atoms with van der Waals surface area (Å²) in [5.74, 6) is 4.32. The average Bonchev–Trinajstić information content (AvgIpc) is 2.04. The molecular formula is C9H19ClS. The fourth-order valence-corrected chi connectivity index (χ4v) is 2.10. The standard InChI is InChI=1S/C9H19ClS/c1-3-9(2)8-11-7-5-4-6-10/h9H,3-8H2,1-2H3. The minimum absolute atomic E-state index is 0.823. The third-order valence-corrected chi connectivity index (χ3v) is 3.42. The molecule has 0 nitrogen and oxygen atoms in total. The second-order valence-corrected chi connectivity index (χ2v) is 4.51. The maximum atomic E-state index is 5.56. The zero-order chi connectivity index (χ0) is 8.53. The summed E-state index contributed by atoms with van der Waals surface area (Å²) in [5, 5.41) is 0. The fraction of sp³-hybridized carbons (Fsp3) is 1.00. The van der Waals surface area contributed by atoms with E-state index in [0.717, 1.165) is 11.8 Å². The molecule has 0 N–H and O–H groups in total. The smallest absolute Gasteiger partial charge is 0.0223 e. The van der Waals surface area contributed by atoms with E-state index in [1.54, 1.807) is 0 Å². The van der Waals surface area contributed by atoms with Gasteiger partial charge in [0.15, 0.2) is 0 Å². The second-order valence-electron chi connectivity index (χ2n) is 2.98. The van der Waals surface area contributed by atoms with Crippen LogP contribution in [0, 0.1) is 5.92 Å². The van der Waals surface area contributed by atoms with Crippen molar-refractivity contribution in [1.82, 2.24) is 0 Å². The van der Waals surface area contributed by atoms with Crippen LogP contribution in [0.5, 0.6) is 0 Å². The van der Waals surface area contributed by atoms with E-state index in [0.29, 0.717) is 0 Å². The first-order valence-corrected chi connectivity index (χ1v) is 6.13. The van der Waals surface area contributed by atoms with Crippen molar-refractivity contribution < 1.29 is 0 Å². The predicted molar refractivity (Wildman–Crippen MR) is 56.7 cm³/mol. The summed E-state index contributed by atoms with van der Waals surface area (Å²) < 4.78 is 0. The first kappa shape index (κ1) is 11.6. The quantitative estimate of drug-likeness (QED) is 0.439. The van der Waals surface area contributed by atoms with Gasteiger partial charge in [-0.05, 0) is 30.3 Å². The van der Waals surface area contributed by atoms with Gasteiger partial charge in [-0.25, -0.2) is 0 Å². The number of thioether (sulfide) groups is 1. The molecule has 0 aromatic heterocycles. The number of hydrogen-bond acceptors (Lipinski definition) is 1. The summed E-state index contributed by atoms with van der Waals surface area (Å²) in [6.07, 6.45) is 3.77. The van der Waals surface area contributed by atoms with Crippen molar-refractivity contribution in [3.63, 3.8) is 0 Å². The molecular weight excluding hydrogens is 176 g/mol. The van der Waals surface area contributed by atoms with Crippen molar-refractivity contribution >= 4 is 23.4 Å². The van der Waals surface area contributed by atoms with Gasteiger partial charge in [-0.15, -0.1) is 11.6 Å². The molecule has 0 bridgehead atoms. The summed E-state index contributed by atoms with van der Waals surface area (Å²) >= 11 is 7.63. The zero-order valence-electron chi connectivity index (χ0n) is 7.61. The van der Waals surface area contributed by atoms with E-state index in [4.69, 9.17) is 11.6 Å². The topological polar surface area (TPSA) is 0 Å². The van der Waals surface area contributed by atoms with Crippen molar-refractivity contribution in [2.75, 3.05) is 17.4 Å². The van der Waals surface area contributed by atoms with Gasteiger partial charge in [0.05, 0.1) is 0 Å². The summed E-state index contributed by atoms with van der Waals surface area (Å²) in [6.45, 7) is 4.57. The molecule has 0 aliphatic heterocycles. The molecule has 0 saturated heterocycles. The lowest BCUT2D eigenvalue weighted by Crippen LogP contribution is -1.96. The highest BCUT2D eigenvalue weighted by Gasteiger charge is 1.97. The van der Waals surface area contributed by atoms with Gasteiger partial charge < -0.3 is 0 Å². The van der Waals surface area contributed by atoms with Crippen molar-refractivity contribution in [2.24, 2.45) is 5.92 Å². The minimum atomic E-state index is 0.823. The first-order chi connectivity index (χ1) is 5.31. The largest absolute Gasteiger partial charge is 0.162 e. The fourth-order valence-electron chi connectivity index (χ4n) is 0.701. The van der Waals surface area contributed by atoms with Gasteiger partial charge in [0.25, 0.3) is 0 Å². The van der Waals surface area contributed by atoms with Crippen LogP contribution >= 0.6 is 23.4 Å². The van der Waals surface area contributed by atoms with Crippen LogP contribution in [0.3, 0.4) is 0 Å². The lowest BCUT2D eigenvalue weighted by atomic mass is 10.2. The normalized spacial score (nSPS) is 13.4. The van der Waals surface area contributed by atoms with Crippen molar-refractivity contribution in [3.8, 4) is 0 Å². The second kappa shape index (κ2) is 8.73. The summed E-state index contributed by atoms with van der Waals surface area (Å²) in [5.41, 5.74) is 0. The van der Waals surface area contributed by atoms with Crippen LogP contribution < -0.4 is 0 Å². The van der Waals surface area contributed by atoms with Crippen LogP contribution in [0.4, 0.5) is 0 Å². The summed E-state index contributed by atoms with van der Waals surface area (Å²) in [7, 11) is 0. The van der Waals surface area contributed by atoms with Gasteiger partial charge in [0, 0.05) is 5.88 Å². The van der Waals surface area contributed by atoms with E-state index < -0.39 is 0 Å². The first-order valence-electron chi connectivity index (χ1n) is 4.45. The molecule has 68 valence electrons. The van der Waals surface area contributed by atoms with Gasteiger partial charge >= 0.3 is 0 Å². The third-order valence-electron chi connectivity index (χ3n) is 1.77. The predicted octanol–water partition coefficient (Wildman–Crippen LogP) is 3.78. The molecule has 0 amide bonds. The Balaban J connectivity index is 2.89. The van der Waals surface area contributed by atoms with Crippen molar-refractivity contribution in [1.29, 1.82) is 0 Å². The molecule has 0 radical (unpaired) electrons. The number of hydrogen-bond donors (Lipinski definition) is 0. The lowest BCUT2D eigenvalue weighted by molar-refractivity contribution is 0.636. The Bertz CT molecular complexity index is 76.0. The number of rotatable bonds is 7. The molecule has 0 fully saturated rings. The number of unbranched alkanes of at least 4 members (excludes halogenated alkanes) is 1. The highest BCUT2D eigenvalue weighted by Crippen LogP contribution is 2.12. The molecule has 0 saturated carbocycles. The van der Waals surface area contributed by atoms with Crippen LogP contribution in [-0.4, -0.2) is 17.4 Å². The van der Waals surface area contributed by atoms with Crippen LogP contribution in [0.15, 0.2) is 0 Å². The Kier molecular flexibility index (Phi) is 9.24. The Morgan fingerprint density at radius 3 is 2.64 bits per heavy atom. The molecule has 0 spiro atoms. The van der Waals surface area contributed by atoms with E-state index in [1.165, 1.54) is 30.8 Å². The molecule has 0 rings (SSSR count). The Labute approximate surface area is 80.1 Å². The Morgan fingerprint density at radius 1 is 1.36 bits per heavy atom. The number of halogens is 1. The summed E-state index contributed by atoms with van der Waals surface area (Å²) in [4.78, 5) is 0. The Morgan fingerprint density at radius 2 is 2.09 bits per heavy atom. The maximum absolute atomic E-state index is 5.56. The summed E-state index contributed by atoms with van der Waals surface area (Å²) in [6, 6.07) is 0. The van der Waals surface area contributed by atoms with E-state index in [9.17, 15) is 0 Å². The van der Waals surface area contributed by atoms with Gasteiger partial charge in [0.2, 0.25) is 0 Å². The van der Waals surface area contributed by atoms with E-state index in [2.05, 4.69) is 25.6 Å². The lowest BCUT2D eigenvalue weighted by Gasteiger charge is -2.06. The average molecular weight is 195 g/mol. The van der Waals surface area contributed by atoms with Crippen LogP contribution in [0.2, 0.25) is 0 Å². The number of alkyl halides is 1. The molecule has 0 aliphatic rings. The van der Waals surface area contributed by atoms with Crippen molar-refractivity contribution in [2.45, 2.75) is 33.1 Å². The van der Waals surface area contributed by atoms with E-state index in [1.807, 2.05) is 0 Å². The minimum Gasteiger partial charge on any atom is -0.162 e. The molecule has 0 aromatic rings. The van der Waals surface area contributed by atoms with Gasteiger partial charge in [-0.3, -0.25) is 0 Å². The molecule has 11 heavy (non-hydrogen) atoms. The molecule has 2 heteroatoms. The molecule has 1 unspecified atom stereocenters. The zero-order valence-corrected chi connectivity index (χ0v) is 9.18. The van der Waals surface area contributed by atoms with E-state index >= 15 is 0 Å². The SMILES string of the molecule is CCC(C)CSCCCCCl. The molecule has 1 atom stereocenters. The maximum Gasteiger partial charge on any atom is 0.0223 e. The monoisotopic (exact) mass is 194 g/mol. The van der Waals surface area contributed by atoms with E-state index in [-0.39, 0.29) is 0 Å². The highest BCUT2D eigenvalue weighted by molar-refractivity contribution is 7.99. The van der Waals surface area contributed by atoms with Gasteiger partial charge in [-0.1, -0.05) is 20.3 Å².